The van der Waals surface area contributed by atoms with Gasteiger partial charge in [0.25, 0.3) is 5.91 Å². The van der Waals surface area contributed by atoms with Crippen LogP contribution in [-0.4, -0.2) is 104 Å². The molecule has 2 N–H and O–H groups in total. The zero-order valence-corrected chi connectivity index (χ0v) is 32.8. The minimum absolute atomic E-state index is 0.0695. The SMILES string of the molecule is COc1cccc([C@@H]2COc3cc(O)ccc3[C@@H]2c2ccc(N3CCC(CN4CCN5c6ccc7c(c6OC[C@@H]5C4)CN(C4CCC(=O)NC4=O)C7=O)CC3)cc2)c1. The molecule has 0 bridgehead atoms. The van der Waals surface area contributed by atoms with Crippen LogP contribution < -0.4 is 29.3 Å². The van der Waals surface area contributed by atoms with E-state index in [0.29, 0.717) is 37.7 Å². The highest BCUT2D eigenvalue weighted by Gasteiger charge is 2.43. The van der Waals surface area contributed by atoms with Crippen LogP contribution in [0, 0.1) is 5.92 Å². The third-order valence-electron chi connectivity index (χ3n) is 13.4. The van der Waals surface area contributed by atoms with Crippen LogP contribution in [0.2, 0.25) is 0 Å². The van der Waals surface area contributed by atoms with Crippen LogP contribution in [0.15, 0.2) is 78.9 Å². The Morgan fingerprint density at radius 2 is 1.69 bits per heavy atom. The number of ether oxygens (including phenoxy) is 3. The number of phenolic OH excluding ortho intramolecular Hbond substituents is 1. The molecule has 3 amide bonds. The zero-order chi connectivity index (χ0) is 39.5. The van der Waals surface area contributed by atoms with Gasteiger partial charge < -0.3 is 34.0 Å². The Kier molecular flexibility index (Phi) is 9.39. The lowest BCUT2D eigenvalue weighted by Crippen LogP contribution is -2.58. The van der Waals surface area contributed by atoms with Gasteiger partial charge in [0, 0.05) is 86.0 Å². The first kappa shape index (κ1) is 36.6. The number of nitrogens with one attached hydrogen (secondary N) is 1. The monoisotopic (exact) mass is 783 g/mol. The van der Waals surface area contributed by atoms with Gasteiger partial charge in [0.2, 0.25) is 11.8 Å². The first-order valence-corrected chi connectivity index (χ1v) is 20.7. The predicted molar refractivity (Wildman–Crippen MR) is 218 cm³/mol. The summed E-state index contributed by atoms with van der Waals surface area (Å²) < 4.78 is 18.2. The first-order valence-electron chi connectivity index (χ1n) is 20.7. The first-order chi connectivity index (χ1) is 28.3. The number of phenols is 1. The Labute approximate surface area is 338 Å². The minimum Gasteiger partial charge on any atom is -0.508 e. The smallest absolute Gasteiger partial charge is 0.255 e. The molecule has 4 aromatic rings. The van der Waals surface area contributed by atoms with Gasteiger partial charge in [0.15, 0.2) is 0 Å². The van der Waals surface area contributed by atoms with E-state index in [4.69, 9.17) is 14.2 Å². The molecule has 4 atom stereocenters. The highest BCUT2D eigenvalue weighted by Crippen LogP contribution is 2.48. The number of carbonyl (C=O) groups excluding carboxylic acids is 3. The topological polar surface area (TPSA) is 124 Å². The molecule has 6 aliphatic heterocycles. The molecule has 4 aromatic carbocycles. The number of benzene rings is 4. The number of methoxy groups -OCH3 is 1. The molecule has 12 heteroatoms. The van der Waals surface area contributed by atoms with Crippen molar-refractivity contribution in [3.8, 4) is 23.0 Å². The zero-order valence-electron chi connectivity index (χ0n) is 32.8. The predicted octanol–water partition coefficient (Wildman–Crippen LogP) is 5.27. The fourth-order valence-corrected chi connectivity index (χ4v) is 10.3. The lowest BCUT2D eigenvalue weighted by atomic mass is 9.76. The summed E-state index contributed by atoms with van der Waals surface area (Å²) in [5, 5.41) is 12.6. The van der Waals surface area contributed by atoms with Crippen LogP contribution in [0.4, 0.5) is 11.4 Å². The molecule has 3 saturated heterocycles. The molecule has 12 nitrogen and oxygen atoms in total. The molecule has 300 valence electrons. The maximum absolute atomic E-state index is 13.4. The van der Waals surface area contributed by atoms with E-state index < -0.39 is 11.9 Å². The minimum atomic E-state index is -0.641. The van der Waals surface area contributed by atoms with Gasteiger partial charge in [-0.1, -0.05) is 30.3 Å². The highest BCUT2D eigenvalue weighted by atomic mass is 16.5. The van der Waals surface area contributed by atoms with Gasteiger partial charge in [-0.15, -0.1) is 0 Å². The molecule has 1 unspecified atom stereocenters. The summed E-state index contributed by atoms with van der Waals surface area (Å²) in [6.07, 6.45) is 2.87. The van der Waals surface area contributed by atoms with E-state index in [9.17, 15) is 19.5 Å². The number of aromatic hydroxyl groups is 1. The summed E-state index contributed by atoms with van der Waals surface area (Å²) in [7, 11) is 1.69. The lowest BCUT2D eigenvalue weighted by molar-refractivity contribution is -0.136. The number of amides is 3. The van der Waals surface area contributed by atoms with Gasteiger partial charge >= 0.3 is 0 Å². The quantitative estimate of drug-likeness (QED) is 0.240. The number of hydrogen-bond donors (Lipinski definition) is 2. The molecule has 58 heavy (non-hydrogen) atoms. The average Bonchev–Trinajstić information content (AvgIpc) is 3.59. The Balaban J connectivity index is 0.762. The maximum atomic E-state index is 13.4. The Morgan fingerprint density at radius 3 is 2.50 bits per heavy atom. The number of fused-ring (bicyclic) bond motifs is 6. The van der Waals surface area contributed by atoms with Crippen LogP contribution >= 0.6 is 0 Å². The number of carbonyl (C=O) groups is 3. The van der Waals surface area contributed by atoms with Crippen molar-refractivity contribution in [1.82, 2.24) is 15.1 Å². The Hall–Kier alpha value is -5.75. The number of piperazine rings is 1. The molecule has 0 aliphatic carbocycles. The Morgan fingerprint density at radius 1 is 0.845 bits per heavy atom. The number of anilines is 2. The molecule has 6 aliphatic rings. The molecular weight excluding hydrogens is 735 g/mol. The molecule has 0 spiro atoms. The van der Waals surface area contributed by atoms with Crippen molar-refractivity contribution < 1.29 is 33.7 Å². The number of piperidine rings is 2. The molecular formula is C46H49N5O7. The summed E-state index contributed by atoms with van der Waals surface area (Å²) in [6, 6.07) is 26.3. The van der Waals surface area contributed by atoms with Crippen molar-refractivity contribution >= 4 is 29.1 Å². The second-order valence-electron chi connectivity index (χ2n) is 16.7. The summed E-state index contributed by atoms with van der Waals surface area (Å²) in [6.45, 7) is 7.32. The van der Waals surface area contributed by atoms with Gasteiger partial charge in [-0.05, 0) is 78.8 Å². The van der Waals surface area contributed by atoms with Crippen LogP contribution in [0.1, 0.15) is 70.1 Å². The van der Waals surface area contributed by atoms with E-state index in [1.807, 2.05) is 30.3 Å². The van der Waals surface area contributed by atoms with Crippen molar-refractivity contribution in [2.45, 2.75) is 56.1 Å². The fraction of sp³-hybridized carbons (Fsp3) is 0.413. The number of imide groups is 1. The molecule has 3 fully saturated rings. The second kappa shape index (κ2) is 14.9. The van der Waals surface area contributed by atoms with Crippen LogP contribution in [0.3, 0.4) is 0 Å². The third kappa shape index (κ3) is 6.57. The highest BCUT2D eigenvalue weighted by molar-refractivity contribution is 6.06. The Bertz CT molecular complexity index is 2260. The van der Waals surface area contributed by atoms with E-state index in [-0.39, 0.29) is 41.9 Å². The maximum Gasteiger partial charge on any atom is 0.255 e. The second-order valence-corrected chi connectivity index (χ2v) is 16.7. The summed E-state index contributed by atoms with van der Waals surface area (Å²) in [5.41, 5.74) is 7.18. The van der Waals surface area contributed by atoms with Gasteiger partial charge in [-0.25, -0.2) is 0 Å². The van der Waals surface area contributed by atoms with E-state index in [0.717, 1.165) is 91.7 Å². The third-order valence-corrected chi connectivity index (χ3v) is 13.4. The molecule has 10 rings (SSSR count). The standard InChI is InChI=1S/C46H49N5O7/c1-56-34-4-2-3-30(21-34)38-27-57-41-22-33(52)9-10-36(41)43(38)29-5-7-31(8-6-29)49-17-15-28(16-18-49)23-48-19-20-50-32(24-48)26-58-44-37-25-51(40-13-14-42(53)47-45(40)54)46(55)35(37)11-12-39(44)50/h2-12,21-22,28,32,38,40,43,52H,13-20,23-27H2,1H3,(H,47,53,54)/t32-,38-,40?,43-/m0/s1. The van der Waals surface area contributed by atoms with Crippen molar-refractivity contribution in [3.05, 3.63) is 107 Å². The van der Waals surface area contributed by atoms with E-state index in [2.05, 4.69) is 56.4 Å². The molecule has 0 aromatic heterocycles. The molecule has 0 radical (unpaired) electrons. The van der Waals surface area contributed by atoms with Crippen LogP contribution in [0.5, 0.6) is 23.0 Å². The average molecular weight is 784 g/mol. The van der Waals surface area contributed by atoms with Gasteiger partial charge in [0.1, 0.15) is 35.6 Å². The van der Waals surface area contributed by atoms with Crippen LogP contribution in [0.25, 0.3) is 0 Å². The lowest BCUT2D eigenvalue weighted by Gasteiger charge is -2.47. The summed E-state index contributed by atoms with van der Waals surface area (Å²) in [5.74, 6) is 2.46. The summed E-state index contributed by atoms with van der Waals surface area (Å²) in [4.78, 5) is 46.9. The van der Waals surface area contributed by atoms with E-state index in [1.165, 1.54) is 11.3 Å². The normalized spacial score (nSPS) is 24.6. The van der Waals surface area contributed by atoms with Gasteiger partial charge in [-0.2, -0.15) is 0 Å². The number of hydrogen-bond acceptors (Lipinski definition) is 10. The van der Waals surface area contributed by atoms with Gasteiger partial charge in [-0.3, -0.25) is 24.6 Å². The largest absolute Gasteiger partial charge is 0.508 e. The number of rotatable bonds is 7. The summed E-state index contributed by atoms with van der Waals surface area (Å²) >= 11 is 0. The van der Waals surface area contributed by atoms with Crippen molar-refractivity contribution in [3.63, 3.8) is 0 Å². The van der Waals surface area contributed by atoms with E-state index in [1.54, 1.807) is 24.1 Å². The fourth-order valence-electron chi connectivity index (χ4n) is 10.3. The van der Waals surface area contributed by atoms with Gasteiger partial charge in [0.05, 0.1) is 32.0 Å². The molecule has 6 heterocycles. The number of nitrogens with zero attached hydrogens (tertiary/aromatic N) is 4. The van der Waals surface area contributed by atoms with E-state index >= 15 is 0 Å². The van der Waals surface area contributed by atoms with Crippen molar-refractivity contribution in [1.29, 1.82) is 0 Å². The van der Waals surface area contributed by atoms with Crippen molar-refractivity contribution in [2.24, 2.45) is 5.92 Å². The van der Waals surface area contributed by atoms with Crippen molar-refractivity contribution in [2.75, 3.05) is 69.4 Å². The van der Waals surface area contributed by atoms with Crippen LogP contribution in [-0.2, 0) is 16.1 Å². The molecule has 0 saturated carbocycles.